The molecule has 0 aromatic heterocycles. The molecule has 1 rings (SSSR count). The van der Waals surface area contributed by atoms with Gasteiger partial charge < -0.3 is 5.11 Å². The quantitative estimate of drug-likeness (QED) is 0.691. The van der Waals surface area contributed by atoms with Gasteiger partial charge in [-0.1, -0.05) is 18.8 Å². The third kappa shape index (κ3) is 5.57. The zero-order valence-electron chi connectivity index (χ0n) is 11.1. The van der Waals surface area contributed by atoms with Crippen LogP contribution in [0.1, 0.15) is 25.3 Å². The van der Waals surface area contributed by atoms with Crippen molar-refractivity contribution in [2.24, 2.45) is 0 Å². The summed E-state index contributed by atoms with van der Waals surface area (Å²) in [7, 11) is -3.68. The number of benzene rings is 1. The monoisotopic (exact) mass is 300 g/mol. The summed E-state index contributed by atoms with van der Waals surface area (Å²) >= 11 is 0. The van der Waals surface area contributed by atoms with Crippen molar-refractivity contribution in [1.82, 2.24) is 4.72 Å². The van der Waals surface area contributed by atoms with Crippen molar-refractivity contribution in [3.63, 3.8) is 0 Å². The van der Waals surface area contributed by atoms with Crippen LogP contribution in [-0.4, -0.2) is 26.7 Å². The molecule has 0 aliphatic rings. The fraction of sp³-hybridized carbons (Fsp3) is 0.385. The van der Waals surface area contributed by atoms with E-state index < -0.39 is 16.0 Å². The van der Waals surface area contributed by atoms with Gasteiger partial charge in [-0.3, -0.25) is 4.72 Å². The summed E-state index contributed by atoms with van der Waals surface area (Å²) in [5.41, 5.74) is 0.279. The molecule has 0 heterocycles. The van der Waals surface area contributed by atoms with Crippen LogP contribution in [0.25, 0.3) is 0 Å². The van der Waals surface area contributed by atoms with Crippen LogP contribution < -0.4 is 9.44 Å². The predicted octanol–water partition coefficient (Wildman–Crippen LogP) is 1.22. The van der Waals surface area contributed by atoms with Gasteiger partial charge in [0.1, 0.15) is 5.82 Å². The van der Waals surface area contributed by atoms with Gasteiger partial charge in [-0.25, -0.2) is 4.39 Å². The molecule has 0 saturated heterocycles. The molecule has 0 atom stereocenters. The smallest absolute Gasteiger partial charge is 0.299 e. The van der Waals surface area contributed by atoms with Gasteiger partial charge in [0.05, 0.1) is 17.9 Å². The highest BCUT2D eigenvalue weighted by atomic mass is 32.2. The number of aliphatic hydroxyl groups excluding tert-OH is 1. The Bertz CT molecular complexity index is 606. The molecule has 0 amide bonds. The number of aliphatic hydroxyl groups is 1. The Labute approximate surface area is 118 Å². The highest BCUT2D eigenvalue weighted by Crippen LogP contribution is 2.14. The second-order valence-corrected chi connectivity index (χ2v) is 5.47. The molecule has 0 unspecified atom stereocenters. The second-order valence-electron chi connectivity index (χ2n) is 3.97. The average Bonchev–Trinajstić information content (AvgIpc) is 2.39. The molecule has 0 aliphatic heterocycles. The van der Waals surface area contributed by atoms with Crippen LogP contribution in [0.3, 0.4) is 0 Å². The molecule has 0 saturated carbocycles. The minimum absolute atomic E-state index is 0.0877. The van der Waals surface area contributed by atoms with Gasteiger partial charge in [0.2, 0.25) is 0 Å². The minimum Gasteiger partial charge on any atom is -0.395 e. The highest BCUT2D eigenvalue weighted by Gasteiger charge is 2.09. The first-order chi connectivity index (χ1) is 9.48. The van der Waals surface area contributed by atoms with E-state index in [2.05, 4.69) is 21.3 Å². The Morgan fingerprint density at radius 3 is 2.75 bits per heavy atom. The summed E-state index contributed by atoms with van der Waals surface area (Å²) in [6.07, 6.45) is 0.920. The second kappa shape index (κ2) is 7.85. The first-order valence-corrected chi connectivity index (χ1v) is 7.63. The van der Waals surface area contributed by atoms with E-state index in [1.807, 2.05) is 6.92 Å². The molecule has 7 heteroatoms. The number of hydrogen-bond acceptors (Lipinski definition) is 3. The zero-order chi connectivity index (χ0) is 15.0. The van der Waals surface area contributed by atoms with Crippen LogP contribution in [0.5, 0.6) is 0 Å². The normalized spacial score (nSPS) is 10.8. The molecule has 0 fully saturated rings. The Kier molecular flexibility index (Phi) is 6.45. The molecular weight excluding hydrogens is 283 g/mol. The standard InChI is InChI=1S/C13H17FN2O3S/c1-2-8-15-20(18,19)16-12-7-6-11(13(14)10-12)5-3-4-9-17/h6-7,10,15-17H,2,4,8-9H2,1H3. The summed E-state index contributed by atoms with van der Waals surface area (Å²) < 4.78 is 41.4. The van der Waals surface area contributed by atoms with Crippen LogP contribution in [0, 0.1) is 17.7 Å². The SMILES string of the molecule is CCCNS(=O)(=O)Nc1ccc(C#CCCO)c(F)c1. The van der Waals surface area contributed by atoms with Gasteiger partial charge in [0.25, 0.3) is 10.2 Å². The largest absolute Gasteiger partial charge is 0.395 e. The molecule has 3 N–H and O–H groups in total. The van der Waals surface area contributed by atoms with E-state index in [-0.39, 0.29) is 24.3 Å². The number of anilines is 1. The molecule has 1 aromatic carbocycles. The van der Waals surface area contributed by atoms with Crippen LogP contribution >= 0.6 is 0 Å². The Morgan fingerprint density at radius 1 is 1.40 bits per heavy atom. The lowest BCUT2D eigenvalue weighted by atomic mass is 10.2. The number of halogens is 1. The minimum atomic E-state index is -3.68. The lowest BCUT2D eigenvalue weighted by molar-refractivity contribution is 0.305. The molecule has 1 aromatic rings. The summed E-state index contributed by atoms with van der Waals surface area (Å²) in [6, 6.07) is 3.88. The van der Waals surface area contributed by atoms with Crippen molar-refractivity contribution in [3.05, 3.63) is 29.6 Å². The van der Waals surface area contributed by atoms with E-state index in [0.717, 1.165) is 6.07 Å². The predicted molar refractivity (Wildman–Crippen MR) is 75.8 cm³/mol. The molecule has 0 bridgehead atoms. The fourth-order valence-corrected chi connectivity index (χ4v) is 2.30. The number of rotatable bonds is 6. The third-order valence-corrected chi connectivity index (χ3v) is 3.31. The van der Waals surface area contributed by atoms with Gasteiger partial charge in [-0.05, 0) is 24.6 Å². The van der Waals surface area contributed by atoms with Crippen molar-refractivity contribution in [1.29, 1.82) is 0 Å². The van der Waals surface area contributed by atoms with E-state index in [1.54, 1.807) is 0 Å². The van der Waals surface area contributed by atoms with Gasteiger partial charge in [-0.15, -0.1) is 0 Å². The van der Waals surface area contributed by atoms with Gasteiger partial charge >= 0.3 is 0 Å². The molecule has 0 radical (unpaired) electrons. The Hall–Kier alpha value is -1.62. The summed E-state index contributed by atoms with van der Waals surface area (Å²) in [4.78, 5) is 0. The van der Waals surface area contributed by atoms with Crippen molar-refractivity contribution < 1.29 is 17.9 Å². The molecule has 5 nitrogen and oxygen atoms in total. The molecule has 20 heavy (non-hydrogen) atoms. The summed E-state index contributed by atoms with van der Waals surface area (Å²) in [5, 5.41) is 8.58. The Morgan fingerprint density at radius 2 is 2.15 bits per heavy atom. The Balaban J connectivity index is 2.80. The first-order valence-electron chi connectivity index (χ1n) is 6.15. The topological polar surface area (TPSA) is 78.4 Å². The van der Waals surface area contributed by atoms with Gasteiger partial charge in [0, 0.05) is 13.0 Å². The fourth-order valence-electron chi connectivity index (χ4n) is 1.32. The van der Waals surface area contributed by atoms with E-state index in [0.29, 0.717) is 13.0 Å². The number of hydrogen-bond donors (Lipinski definition) is 3. The molecule has 0 aliphatic carbocycles. The lowest BCUT2D eigenvalue weighted by Crippen LogP contribution is -2.30. The van der Waals surface area contributed by atoms with Crippen molar-refractivity contribution >= 4 is 15.9 Å². The molecule has 110 valence electrons. The van der Waals surface area contributed by atoms with Crippen molar-refractivity contribution in [2.75, 3.05) is 17.9 Å². The van der Waals surface area contributed by atoms with Crippen molar-refractivity contribution in [3.8, 4) is 11.8 Å². The maximum Gasteiger partial charge on any atom is 0.299 e. The average molecular weight is 300 g/mol. The number of nitrogens with one attached hydrogen (secondary N) is 2. The van der Waals surface area contributed by atoms with Crippen LogP contribution in [0.2, 0.25) is 0 Å². The molecule has 0 spiro atoms. The zero-order valence-corrected chi connectivity index (χ0v) is 11.9. The highest BCUT2D eigenvalue weighted by molar-refractivity contribution is 7.90. The van der Waals surface area contributed by atoms with Gasteiger partial charge in [0.15, 0.2) is 0 Å². The van der Waals surface area contributed by atoms with Gasteiger partial charge in [-0.2, -0.15) is 13.1 Å². The molecular formula is C13H17FN2O3S. The lowest BCUT2D eigenvalue weighted by Gasteiger charge is -2.08. The van der Waals surface area contributed by atoms with Crippen LogP contribution in [0.15, 0.2) is 18.2 Å². The first kappa shape index (κ1) is 16.4. The van der Waals surface area contributed by atoms with Crippen molar-refractivity contribution in [2.45, 2.75) is 19.8 Å². The maximum absolute atomic E-state index is 13.7. The van der Waals surface area contributed by atoms with E-state index >= 15 is 0 Å². The summed E-state index contributed by atoms with van der Waals surface area (Å²) in [5.74, 6) is 4.54. The third-order valence-electron chi connectivity index (χ3n) is 2.22. The van der Waals surface area contributed by atoms with E-state index in [9.17, 15) is 12.8 Å². The van der Waals surface area contributed by atoms with E-state index in [1.165, 1.54) is 12.1 Å². The summed E-state index contributed by atoms with van der Waals surface area (Å²) in [6.45, 7) is 2.06. The maximum atomic E-state index is 13.7. The van der Waals surface area contributed by atoms with Crippen LogP contribution in [-0.2, 0) is 10.2 Å². The van der Waals surface area contributed by atoms with E-state index in [4.69, 9.17) is 5.11 Å². The van der Waals surface area contributed by atoms with Crippen LogP contribution in [0.4, 0.5) is 10.1 Å².